The highest BCUT2D eigenvalue weighted by Gasteiger charge is 1.78. The average Bonchev–Trinajstić information content (AvgIpc) is 1.90. The molecule has 0 amide bonds. The van der Waals surface area contributed by atoms with Gasteiger partial charge in [-0.2, -0.15) is 0 Å². The van der Waals surface area contributed by atoms with Gasteiger partial charge in [0.1, 0.15) is 0 Å². The molecule has 0 aliphatic carbocycles. The van der Waals surface area contributed by atoms with E-state index in [4.69, 9.17) is 5.73 Å². The molecule has 1 aromatic rings. The van der Waals surface area contributed by atoms with Crippen LogP contribution in [0.15, 0.2) is 18.2 Å². The number of hydrogen-bond acceptors (Lipinski definition) is 1. The number of nitrogens with two attached hydrogens (primary N) is 1. The third kappa shape index (κ3) is 0.988. The van der Waals surface area contributed by atoms with Crippen molar-refractivity contribution in [3.8, 4) is 0 Å². The van der Waals surface area contributed by atoms with Crippen LogP contribution in [0.5, 0.6) is 0 Å². The van der Waals surface area contributed by atoms with Crippen LogP contribution < -0.4 is 5.73 Å². The van der Waals surface area contributed by atoms with E-state index >= 15 is 0 Å². The second-order valence-electron chi connectivity index (χ2n) is 1.52. The summed E-state index contributed by atoms with van der Waals surface area (Å²) < 4.78 is 0. The molecular weight excluding hydrogens is 98.1 g/mol. The molecule has 0 aliphatic heterocycles. The van der Waals surface area contributed by atoms with E-state index in [1.54, 1.807) is 6.07 Å². The minimum Gasteiger partial charge on any atom is -0.326 e. The van der Waals surface area contributed by atoms with E-state index in [0.29, 0.717) is 6.54 Å². The normalized spacial score (nSPS) is 8.12. The summed E-state index contributed by atoms with van der Waals surface area (Å²) in [7, 11) is 0. The molecule has 1 nitrogen and oxygen atoms in total. The zero-order chi connectivity index (χ0) is 5.82. The Morgan fingerprint density at radius 3 is 2.88 bits per heavy atom. The van der Waals surface area contributed by atoms with E-state index in [0.717, 1.165) is 5.56 Å². The van der Waals surface area contributed by atoms with Crippen LogP contribution >= 0.6 is 0 Å². The molecule has 0 saturated carbocycles. The maximum Gasteiger partial charge on any atom is 0.0259 e. The molecule has 2 N–H and O–H groups in total. The smallest absolute Gasteiger partial charge is 0.0259 e. The Morgan fingerprint density at radius 2 is 2.50 bits per heavy atom. The predicted molar refractivity (Wildman–Crippen MR) is 32.0 cm³/mol. The Labute approximate surface area is 49.1 Å². The molecule has 40 valence electrons. The summed E-state index contributed by atoms with van der Waals surface area (Å²) in [5.74, 6) is 0. The van der Waals surface area contributed by atoms with E-state index in [2.05, 4.69) is 12.1 Å². The molecule has 0 spiro atoms. The Hall–Kier alpha value is -1.00. The number of rotatable bonds is 1. The van der Waals surface area contributed by atoms with Crippen molar-refractivity contribution in [1.29, 1.82) is 0 Å². The monoisotopic (exact) mass is 105 g/mol. The summed E-state index contributed by atoms with van der Waals surface area (Å²) in [4.78, 5) is 0. The zero-order valence-corrected chi connectivity index (χ0v) is 4.52. The first-order chi connectivity index (χ1) is 3.93. The molecule has 0 aromatic heterocycles. The molecule has 0 heterocycles. The molecule has 0 saturated heterocycles. The van der Waals surface area contributed by atoms with Gasteiger partial charge in [-0.3, -0.25) is 0 Å². The van der Waals surface area contributed by atoms with Crippen molar-refractivity contribution >= 4 is 0 Å². The van der Waals surface area contributed by atoms with Gasteiger partial charge < -0.3 is 5.73 Å². The molecule has 0 bridgehead atoms. The van der Waals surface area contributed by atoms with Crippen LogP contribution in [0.4, 0.5) is 0 Å². The largest absolute Gasteiger partial charge is 0.326 e. The average molecular weight is 105 g/mol. The van der Waals surface area contributed by atoms with Crippen LogP contribution in [0.25, 0.3) is 0 Å². The first-order valence-electron chi connectivity index (χ1n) is 2.51. The lowest BCUT2D eigenvalue weighted by molar-refractivity contribution is 1.07. The predicted octanol–water partition coefficient (Wildman–Crippen LogP) is 0.746. The molecule has 1 aromatic carbocycles. The highest BCUT2D eigenvalue weighted by Crippen LogP contribution is 1.87. The van der Waals surface area contributed by atoms with Gasteiger partial charge in [-0.25, -0.2) is 0 Å². The van der Waals surface area contributed by atoms with Crippen LogP contribution in [0.3, 0.4) is 0 Å². The van der Waals surface area contributed by atoms with Crippen molar-refractivity contribution in [3.05, 3.63) is 35.9 Å². The van der Waals surface area contributed by atoms with Gasteiger partial charge in [0.25, 0.3) is 0 Å². The fourth-order valence-corrected chi connectivity index (χ4v) is 0.507. The van der Waals surface area contributed by atoms with E-state index in [9.17, 15) is 0 Å². The molecule has 0 aliphatic rings. The molecule has 0 radical (unpaired) electrons. The maximum atomic E-state index is 5.30. The third-order valence-corrected chi connectivity index (χ3v) is 0.930. The molecule has 0 fully saturated rings. The highest BCUT2D eigenvalue weighted by molar-refractivity contribution is 5.06. The summed E-state index contributed by atoms with van der Waals surface area (Å²) in [6.07, 6.45) is 0. The van der Waals surface area contributed by atoms with Crippen molar-refractivity contribution in [2.45, 2.75) is 6.54 Å². The van der Waals surface area contributed by atoms with Crippen molar-refractivity contribution in [1.82, 2.24) is 0 Å². The second kappa shape index (κ2) is 2.34. The topological polar surface area (TPSA) is 26.0 Å². The van der Waals surface area contributed by atoms with Crippen LogP contribution in [-0.4, -0.2) is 0 Å². The van der Waals surface area contributed by atoms with Crippen molar-refractivity contribution in [2.24, 2.45) is 5.73 Å². The highest BCUT2D eigenvalue weighted by atomic mass is 14.5. The van der Waals surface area contributed by atoms with E-state index in [1.165, 1.54) is 0 Å². The molecule has 0 atom stereocenters. The summed E-state index contributed by atoms with van der Waals surface area (Å²) in [5.41, 5.74) is 6.31. The first-order valence-corrected chi connectivity index (χ1v) is 2.51. The van der Waals surface area contributed by atoms with Gasteiger partial charge in [0.05, 0.1) is 0 Å². The fraction of sp³-hybridized carbons (Fsp3) is 0.143. The molecule has 1 rings (SSSR count). The van der Waals surface area contributed by atoms with Crippen molar-refractivity contribution in [3.63, 3.8) is 0 Å². The Bertz CT molecular complexity index is 146. The van der Waals surface area contributed by atoms with Crippen LogP contribution in [0.2, 0.25) is 0 Å². The minimum atomic E-state index is 0.553. The van der Waals surface area contributed by atoms with Gasteiger partial charge >= 0.3 is 0 Å². The molecular formula is C7H7N. The lowest BCUT2D eigenvalue weighted by Gasteiger charge is -1.84. The maximum absolute atomic E-state index is 5.30. The lowest BCUT2D eigenvalue weighted by Crippen LogP contribution is -1.93. The quantitative estimate of drug-likeness (QED) is 0.560. The fourth-order valence-electron chi connectivity index (χ4n) is 0.507. The molecule has 8 heavy (non-hydrogen) atoms. The van der Waals surface area contributed by atoms with Crippen molar-refractivity contribution < 1.29 is 0 Å². The van der Waals surface area contributed by atoms with E-state index in [-0.39, 0.29) is 0 Å². The van der Waals surface area contributed by atoms with Gasteiger partial charge in [0.15, 0.2) is 0 Å². The van der Waals surface area contributed by atoms with E-state index in [1.807, 2.05) is 12.1 Å². The SMILES string of the molecule is NCc1c#cccc1. The van der Waals surface area contributed by atoms with Crippen LogP contribution in [-0.2, 0) is 6.54 Å². The lowest BCUT2D eigenvalue weighted by atomic mass is 10.3. The van der Waals surface area contributed by atoms with Crippen LogP contribution in [0.1, 0.15) is 5.56 Å². The van der Waals surface area contributed by atoms with Gasteiger partial charge in [0.2, 0.25) is 0 Å². The Kier molecular flexibility index (Phi) is 1.51. The summed E-state index contributed by atoms with van der Waals surface area (Å²) in [6.45, 7) is 0.553. The van der Waals surface area contributed by atoms with Gasteiger partial charge in [-0.15, -0.1) is 0 Å². The van der Waals surface area contributed by atoms with Crippen molar-refractivity contribution in [2.75, 3.05) is 0 Å². The zero-order valence-electron chi connectivity index (χ0n) is 4.52. The summed E-state index contributed by atoms with van der Waals surface area (Å²) >= 11 is 0. The van der Waals surface area contributed by atoms with Gasteiger partial charge in [0, 0.05) is 12.1 Å². The summed E-state index contributed by atoms with van der Waals surface area (Å²) in [5, 5.41) is 0. The van der Waals surface area contributed by atoms with Gasteiger partial charge in [-0.1, -0.05) is 18.2 Å². The molecule has 1 heteroatoms. The Morgan fingerprint density at radius 1 is 1.62 bits per heavy atom. The number of hydrogen-bond donors (Lipinski definition) is 1. The second-order valence-corrected chi connectivity index (χ2v) is 1.52. The molecule has 0 unspecified atom stereocenters. The van der Waals surface area contributed by atoms with E-state index < -0.39 is 0 Å². The third-order valence-electron chi connectivity index (χ3n) is 0.930. The summed E-state index contributed by atoms with van der Waals surface area (Å²) in [6, 6.07) is 11.3. The van der Waals surface area contributed by atoms with Gasteiger partial charge in [-0.05, 0) is 12.1 Å². The Balaban J connectivity index is 2.83. The first kappa shape index (κ1) is 5.14. The van der Waals surface area contributed by atoms with Crippen LogP contribution in [0, 0.1) is 12.1 Å². The standard InChI is InChI=1S/C7H7N/c8-6-7-4-2-1-3-5-7/h1-2,4H,6,8H2. The minimum absolute atomic E-state index is 0.553.